The SMILES string of the molecule is CCOCCCn1c(NC(=O)c2ccc(NS(=O)(=O)c3cccs3)cc2)nc2ccccc21. The lowest BCUT2D eigenvalue weighted by atomic mass is 10.2. The Kier molecular flexibility index (Phi) is 7.07. The van der Waals surface area contributed by atoms with Crippen molar-refractivity contribution in [3.05, 3.63) is 71.6 Å². The van der Waals surface area contributed by atoms with E-state index < -0.39 is 10.0 Å². The first-order chi connectivity index (χ1) is 16.0. The number of para-hydroxylation sites is 2. The molecule has 2 aromatic carbocycles. The van der Waals surface area contributed by atoms with Crippen LogP contribution in [0.25, 0.3) is 11.0 Å². The standard InChI is InChI=1S/C23H24N4O4S2/c1-2-31-15-6-14-27-20-8-4-3-7-19(20)24-23(27)25-22(28)17-10-12-18(13-11-17)26-33(29,30)21-9-5-16-32-21/h3-5,7-13,16,26H,2,6,14-15H2,1H3,(H,24,25,28). The highest BCUT2D eigenvalue weighted by atomic mass is 32.2. The number of sulfonamides is 1. The number of carbonyl (C=O) groups excluding carboxylic acids is 1. The van der Waals surface area contributed by atoms with E-state index in [1.165, 1.54) is 6.07 Å². The zero-order valence-electron chi connectivity index (χ0n) is 18.0. The molecule has 0 aliphatic rings. The van der Waals surface area contributed by atoms with Gasteiger partial charge < -0.3 is 9.30 Å². The minimum atomic E-state index is -3.64. The second kappa shape index (κ2) is 10.2. The van der Waals surface area contributed by atoms with Gasteiger partial charge in [-0.2, -0.15) is 0 Å². The number of hydrogen-bond donors (Lipinski definition) is 2. The van der Waals surface area contributed by atoms with Gasteiger partial charge in [-0.15, -0.1) is 11.3 Å². The van der Waals surface area contributed by atoms with Gasteiger partial charge in [0.15, 0.2) is 0 Å². The number of anilines is 2. The molecule has 0 saturated heterocycles. The molecule has 0 atom stereocenters. The van der Waals surface area contributed by atoms with E-state index in [4.69, 9.17) is 4.74 Å². The first kappa shape index (κ1) is 23.0. The van der Waals surface area contributed by atoms with Gasteiger partial charge >= 0.3 is 0 Å². The predicted molar refractivity (Wildman–Crippen MR) is 130 cm³/mol. The van der Waals surface area contributed by atoms with Crippen molar-refractivity contribution in [2.45, 2.75) is 24.1 Å². The van der Waals surface area contributed by atoms with Crippen LogP contribution in [0.3, 0.4) is 0 Å². The summed E-state index contributed by atoms with van der Waals surface area (Å²) in [5.41, 5.74) is 2.50. The lowest BCUT2D eigenvalue weighted by Gasteiger charge is -2.11. The Morgan fingerprint density at radius 3 is 2.61 bits per heavy atom. The Bertz CT molecular complexity index is 1330. The van der Waals surface area contributed by atoms with Gasteiger partial charge in [0.1, 0.15) is 4.21 Å². The van der Waals surface area contributed by atoms with Gasteiger partial charge in [-0.25, -0.2) is 13.4 Å². The third kappa shape index (κ3) is 5.41. The second-order valence-electron chi connectivity index (χ2n) is 7.20. The average Bonchev–Trinajstić information content (AvgIpc) is 3.46. The smallest absolute Gasteiger partial charge is 0.271 e. The Hall–Kier alpha value is -3.21. The molecule has 0 fully saturated rings. The topological polar surface area (TPSA) is 102 Å². The number of aromatic nitrogens is 2. The van der Waals surface area contributed by atoms with Crippen LogP contribution in [0.4, 0.5) is 11.6 Å². The summed E-state index contributed by atoms with van der Waals surface area (Å²) in [4.78, 5) is 17.4. The molecule has 10 heteroatoms. The van der Waals surface area contributed by atoms with Crippen LogP contribution in [0, 0.1) is 0 Å². The minimum absolute atomic E-state index is 0.229. The average molecular weight is 485 g/mol. The first-order valence-corrected chi connectivity index (χ1v) is 12.8. The summed E-state index contributed by atoms with van der Waals surface area (Å²) in [5, 5.41) is 4.58. The number of nitrogens with one attached hydrogen (secondary N) is 2. The van der Waals surface area contributed by atoms with Crippen molar-refractivity contribution in [2.24, 2.45) is 0 Å². The molecule has 0 radical (unpaired) electrons. The quantitative estimate of drug-likeness (QED) is 0.321. The maximum Gasteiger partial charge on any atom is 0.271 e. The van der Waals surface area contributed by atoms with Crippen molar-refractivity contribution >= 4 is 49.9 Å². The molecule has 1 amide bonds. The van der Waals surface area contributed by atoms with Crippen molar-refractivity contribution in [1.82, 2.24) is 9.55 Å². The van der Waals surface area contributed by atoms with E-state index in [1.807, 2.05) is 35.8 Å². The largest absolute Gasteiger partial charge is 0.382 e. The number of aryl methyl sites for hydroxylation is 1. The van der Waals surface area contributed by atoms with Crippen molar-refractivity contribution in [3.63, 3.8) is 0 Å². The zero-order chi connectivity index (χ0) is 23.3. The number of fused-ring (bicyclic) bond motifs is 1. The molecule has 33 heavy (non-hydrogen) atoms. The van der Waals surface area contributed by atoms with Crippen LogP contribution in [-0.4, -0.2) is 37.1 Å². The summed E-state index contributed by atoms with van der Waals surface area (Å²) in [7, 11) is -3.64. The molecule has 4 rings (SSSR count). The third-order valence-corrected chi connectivity index (χ3v) is 7.69. The molecule has 172 valence electrons. The van der Waals surface area contributed by atoms with Crippen LogP contribution in [0.5, 0.6) is 0 Å². The van der Waals surface area contributed by atoms with Crippen LogP contribution in [0.1, 0.15) is 23.7 Å². The van der Waals surface area contributed by atoms with Crippen molar-refractivity contribution in [3.8, 4) is 0 Å². The molecule has 0 aliphatic heterocycles. The van der Waals surface area contributed by atoms with E-state index >= 15 is 0 Å². The fourth-order valence-corrected chi connectivity index (χ4v) is 5.40. The number of nitrogens with zero attached hydrogens (tertiary/aromatic N) is 2. The summed E-state index contributed by atoms with van der Waals surface area (Å²) < 4.78 is 34.9. The van der Waals surface area contributed by atoms with Crippen LogP contribution in [0.2, 0.25) is 0 Å². The van der Waals surface area contributed by atoms with Gasteiger partial charge in [0.25, 0.3) is 15.9 Å². The molecule has 0 aliphatic carbocycles. The highest BCUT2D eigenvalue weighted by Gasteiger charge is 2.17. The number of carbonyl (C=O) groups is 1. The molecule has 8 nitrogen and oxygen atoms in total. The van der Waals surface area contributed by atoms with Crippen LogP contribution in [0.15, 0.2) is 70.3 Å². The molecular weight excluding hydrogens is 460 g/mol. The van der Waals surface area contributed by atoms with Crippen molar-refractivity contribution in [2.75, 3.05) is 23.3 Å². The van der Waals surface area contributed by atoms with E-state index in [-0.39, 0.29) is 10.1 Å². The summed E-state index contributed by atoms with van der Waals surface area (Å²) in [6.45, 7) is 3.89. The number of thiophene rings is 1. The number of ether oxygens (including phenoxy) is 1. The van der Waals surface area contributed by atoms with Gasteiger partial charge in [-0.05, 0) is 61.2 Å². The molecule has 0 bridgehead atoms. The summed E-state index contributed by atoms with van der Waals surface area (Å²) >= 11 is 1.14. The van der Waals surface area contributed by atoms with Crippen molar-refractivity contribution < 1.29 is 17.9 Å². The highest BCUT2D eigenvalue weighted by molar-refractivity contribution is 7.94. The fraction of sp³-hybridized carbons (Fsp3) is 0.217. The third-order valence-electron chi connectivity index (χ3n) is 4.91. The molecular formula is C23H24N4O4S2. The van der Waals surface area contributed by atoms with E-state index in [0.717, 1.165) is 28.8 Å². The maximum absolute atomic E-state index is 12.9. The van der Waals surface area contributed by atoms with Gasteiger partial charge in [-0.3, -0.25) is 14.8 Å². The Morgan fingerprint density at radius 2 is 1.88 bits per heavy atom. The van der Waals surface area contributed by atoms with E-state index in [2.05, 4.69) is 15.0 Å². The van der Waals surface area contributed by atoms with Gasteiger partial charge in [0.05, 0.1) is 11.0 Å². The molecule has 2 aromatic heterocycles. The maximum atomic E-state index is 12.9. The lowest BCUT2D eigenvalue weighted by Crippen LogP contribution is -2.17. The van der Waals surface area contributed by atoms with Crippen LogP contribution in [-0.2, 0) is 21.3 Å². The minimum Gasteiger partial charge on any atom is -0.382 e. The monoisotopic (exact) mass is 484 g/mol. The summed E-state index contributed by atoms with van der Waals surface area (Å²) in [6, 6.07) is 17.2. The fourth-order valence-electron chi connectivity index (χ4n) is 3.35. The normalized spacial score (nSPS) is 11.5. The van der Waals surface area contributed by atoms with Crippen molar-refractivity contribution in [1.29, 1.82) is 0 Å². The van der Waals surface area contributed by atoms with Gasteiger partial charge in [0.2, 0.25) is 5.95 Å². The Morgan fingerprint density at radius 1 is 1.09 bits per heavy atom. The molecule has 0 spiro atoms. The molecule has 4 aromatic rings. The number of imidazole rings is 1. The Labute approximate surface area is 196 Å². The molecule has 2 heterocycles. The number of hydrogen-bond acceptors (Lipinski definition) is 6. The van der Waals surface area contributed by atoms with E-state index in [9.17, 15) is 13.2 Å². The highest BCUT2D eigenvalue weighted by Crippen LogP contribution is 2.22. The van der Waals surface area contributed by atoms with Gasteiger partial charge in [0, 0.05) is 31.0 Å². The summed E-state index contributed by atoms with van der Waals surface area (Å²) in [6.07, 6.45) is 0.788. The van der Waals surface area contributed by atoms with Crippen LogP contribution >= 0.6 is 11.3 Å². The van der Waals surface area contributed by atoms with Gasteiger partial charge in [-0.1, -0.05) is 18.2 Å². The summed E-state index contributed by atoms with van der Waals surface area (Å²) in [5.74, 6) is 0.129. The predicted octanol–water partition coefficient (Wildman–Crippen LogP) is 4.58. The van der Waals surface area contributed by atoms with Crippen LogP contribution < -0.4 is 10.0 Å². The number of benzene rings is 2. The van der Waals surface area contributed by atoms with E-state index in [0.29, 0.717) is 37.0 Å². The lowest BCUT2D eigenvalue weighted by molar-refractivity contribution is 0.102. The first-order valence-electron chi connectivity index (χ1n) is 10.5. The second-order valence-corrected chi connectivity index (χ2v) is 10.1. The Balaban J connectivity index is 1.49. The molecule has 0 saturated carbocycles. The molecule has 0 unspecified atom stereocenters. The number of amides is 1. The van der Waals surface area contributed by atoms with E-state index in [1.54, 1.807) is 35.7 Å². The zero-order valence-corrected chi connectivity index (χ0v) is 19.7. The molecule has 2 N–H and O–H groups in total. The number of rotatable bonds is 10.